The standard InChI is InChI=1S/C30H43NO2/c1-3-5-7-9-24-11-17-27(18-12-24)30(32)33-29-21-15-25(16-22-29)13-19-28-20-14-26(23-31-28)10-8-6-4-2/h14-16,20-24,27H,3-13,17-19H2,1-2H3/t24-,27-. The quantitative estimate of drug-likeness (QED) is 0.177. The maximum Gasteiger partial charge on any atom is 0.314 e. The van der Waals surface area contributed by atoms with E-state index < -0.39 is 0 Å². The van der Waals surface area contributed by atoms with Crippen LogP contribution >= 0.6 is 0 Å². The van der Waals surface area contributed by atoms with Crippen molar-refractivity contribution in [3.8, 4) is 5.75 Å². The van der Waals surface area contributed by atoms with Crippen LogP contribution in [-0.4, -0.2) is 11.0 Å². The molecule has 1 aliphatic carbocycles. The van der Waals surface area contributed by atoms with Crippen LogP contribution in [0.15, 0.2) is 42.6 Å². The Bertz CT molecular complexity index is 804. The van der Waals surface area contributed by atoms with E-state index in [1.807, 2.05) is 18.3 Å². The number of pyridine rings is 1. The van der Waals surface area contributed by atoms with Gasteiger partial charge < -0.3 is 4.74 Å². The van der Waals surface area contributed by atoms with Gasteiger partial charge in [-0.15, -0.1) is 0 Å². The Morgan fingerprint density at radius 3 is 2.18 bits per heavy atom. The molecular formula is C30H43NO2. The first-order valence-electron chi connectivity index (χ1n) is 13.4. The van der Waals surface area contributed by atoms with E-state index in [2.05, 4.69) is 43.1 Å². The van der Waals surface area contributed by atoms with Crippen LogP contribution in [0.4, 0.5) is 0 Å². The third-order valence-corrected chi connectivity index (χ3v) is 7.16. The summed E-state index contributed by atoms with van der Waals surface area (Å²) in [4.78, 5) is 17.2. The van der Waals surface area contributed by atoms with Gasteiger partial charge in [-0.2, -0.15) is 0 Å². The second kappa shape index (κ2) is 14.2. The highest BCUT2D eigenvalue weighted by molar-refractivity contribution is 5.75. The smallest absolute Gasteiger partial charge is 0.314 e. The average Bonchev–Trinajstić information content (AvgIpc) is 2.85. The molecule has 0 aliphatic heterocycles. The van der Waals surface area contributed by atoms with Crippen LogP contribution in [0.1, 0.15) is 101 Å². The van der Waals surface area contributed by atoms with Crippen LogP contribution < -0.4 is 4.74 Å². The lowest BCUT2D eigenvalue weighted by Crippen LogP contribution is -2.25. The van der Waals surface area contributed by atoms with Crippen molar-refractivity contribution in [2.75, 3.05) is 0 Å². The van der Waals surface area contributed by atoms with E-state index in [9.17, 15) is 4.79 Å². The van der Waals surface area contributed by atoms with Crippen molar-refractivity contribution in [1.29, 1.82) is 0 Å². The molecule has 1 aliphatic rings. The number of hydrogen-bond donors (Lipinski definition) is 0. The monoisotopic (exact) mass is 449 g/mol. The number of aryl methyl sites for hydroxylation is 3. The molecule has 2 aromatic rings. The summed E-state index contributed by atoms with van der Waals surface area (Å²) in [5.41, 5.74) is 3.72. The summed E-state index contributed by atoms with van der Waals surface area (Å²) in [5, 5.41) is 0. The van der Waals surface area contributed by atoms with Crippen LogP contribution in [0.5, 0.6) is 5.75 Å². The van der Waals surface area contributed by atoms with Crippen molar-refractivity contribution in [3.63, 3.8) is 0 Å². The Kier molecular flexibility index (Phi) is 10.9. The molecule has 33 heavy (non-hydrogen) atoms. The first-order valence-corrected chi connectivity index (χ1v) is 13.4. The van der Waals surface area contributed by atoms with Crippen molar-refractivity contribution in [2.45, 2.75) is 104 Å². The second-order valence-electron chi connectivity index (χ2n) is 9.89. The molecule has 0 amide bonds. The van der Waals surface area contributed by atoms with E-state index in [1.54, 1.807) is 0 Å². The molecule has 0 saturated heterocycles. The third kappa shape index (κ3) is 8.95. The Labute approximate surface area is 201 Å². The second-order valence-corrected chi connectivity index (χ2v) is 9.89. The molecule has 0 unspecified atom stereocenters. The molecule has 1 aromatic carbocycles. The Morgan fingerprint density at radius 2 is 1.52 bits per heavy atom. The number of nitrogens with zero attached hydrogens (tertiary/aromatic N) is 1. The van der Waals surface area contributed by atoms with E-state index in [4.69, 9.17) is 4.74 Å². The maximum absolute atomic E-state index is 12.6. The fraction of sp³-hybridized carbons (Fsp3) is 0.600. The van der Waals surface area contributed by atoms with Crippen LogP contribution in [0, 0.1) is 11.8 Å². The van der Waals surface area contributed by atoms with Crippen LogP contribution in [0.2, 0.25) is 0 Å². The van der Waals surface area contributed by atoms with Gasteiger partial charge in [-0.3, -0.25) is 9.78 Å². The van der Waals surface area contributed by atoms with Crippen LogP contribution in [0.25, 0.3) is 0 Å². The number of benzene rings is 1. The molecule has 1 saturated carbocycles. The zero-order valence-electron chi connectivity index (χ0n) is 20.9. The first-order chi connectivity index (χ1) is 16.2. The molecule has 3 rings (SSSR count). The molecule has 0 atom stereocenters. The zero-order valence-corrected chi connectivity index (χ0v) is 20.9. The Morgan fingerprint density at radius 1 is 0.818 bits per heavy atom. The van der Waals surface area contributed by atoms with Gasteiger partial charge in [-0.1, -0.05) is 70.6 Å². The number of unbranched alkanes of at least 4 members (excludes halogenated alkanes) is 4. The average molecular weight is 450 g/mol. The fourth-order valence-electron chi connectivity index (χ4n) is 4.90. The molecule has 1 aromatic heterocycles. The summed E-state index contributed by atoms with van der Waals surface area (Å²) in [7, 11) is 0. The van der Waals surface area contributed by atoms with Crippen molar-refractivity contribution in [1.82, 2.24) is 4.98 Å². The molecule has 3 heteroatoms. The van der Waals surface area contributed by atoms with E-state index in [1.165, 1.54) is 68.9 Å². The molecule has 0 N–H and O–H groups in total. The summed E-state index contributed by atoms with van der Waals surface area (Å²) in [5.74, 6) is 1.51. The highest BCUT2D eigenvalue weighted by atomic mass is 16.5. The number of ether oxygens (including phenoxy) is 1. The lowest BCUT2D eigenvalue weighted by atomic mass is 9.80. The third-order valence-electron chi connectivity index (χ3n) is 7.16. The van der Waals surface area contributed by atoms with E-state index in [0.717, 1.165) is 43.7 Å². The predicted molar refractivity (Wildman–Crippen MR) is 137 cm³/mol. The summed E-state index contributed by atoms with van der Waals surface area (Å²) < 4.78 is 5.71. The number of hydrogen-bond acceptors (Lipinski definition) is 3. The van der Waals surface area contributed by atoms with Gasteiger partial charge in [0.15, 0.2) is 0 Å². The summed E-state index contributed by atoms with van der Waals surface area (Å²) in [6, 6.07) is 12.4. The number of carbonyl (C=O) groups is 1. The SMILES string of the molecule is CCCCCc1ccc(CCc2ccc(OC(=O)[C@H]3CC[C@H](CCCCC)CC3)cc2)nc1. The minimum atomic E-state index is -0.0435. The van der Waals surface area contributed by atoms with Gasteiger partial charge in [0.1, 0.15) is 5.75 Å². The molecule has 1 fully saturated rings. The first kappa shape index (κ1) is 25.5. The van der Waals surface area contributed by atoms with Gasteiger partial charge in [0, 0.05) is 11.9 Å². The Hall–Kier alpha value is -2.16. The summed E-state index contributed by atoms with van der Waals surface area (Å²) >= 11 is 0. The van der Waals surface area contributed by atoms with Gasteiger partial charge in [-0.25, -0.2) is 0 Å². The van der Waals surface area contributed by atoms with E-state index >= 15 is 0 Å². The lowest BCUT2D eigenvalue weighted by Gasteiger charge is -2.27. The zero-order chi connectivity index (χ0) is 23.3. The normalized spacial score (nSPS) is 18.2. The maximum atomic E-state index is 12.6. The van der Waals surface area contributed by atoms with Gasteiger partial charge in [0.25, 0.3) is 0 Å². The number of aromatic nitrogens is 1. The number of esters is 1. The molecule has 3 nitrogen and oxygen atoms in total. The molecule has 0 spiro atoms. The summed E-state index contributed by atoms with van der Waals surface area (Å²) in [6.07, 6.45) is 18.4. The fourth-order valence-corrected chi connectivity index (χ4v) is 4.90. The highest BCUT2D eigenvalue weighted by Gasteiger charge is 2.27. The molecule has 180 valence electrons. The molecule has 1 heterocycles. The number of rotatable bonds is 13. The van der Waals surface area contributed by atoms with Crippen LogP contribution in [0.3, 0.4) is 0 Å². The van der Waals surface area contributed by atoms with Crippen molar-refractivity contribution in [3.05, 3.63) is 59.4 Å². The molecule has 0 bridgehead atoms. The minimum absolute atomic E-state index is 0.0435. The van der Waals surface area contributed by atoms with Gasteiger partial charge in [0.05, 0.1) is 5.92 Å². The van der Waals surface area contributed by atoms with Crippen molar-refractivity contribution < 1.29 is 9.53 Å². The van der Waals surface area contributed by atoms with Crippen molar-refractivity contribution in [2.24, 2.45) is 11.8 Å². The highest BCUT2D eigenvalue weighted by Crippen LogP contribution is 2.33. The van der Waals surface area contributed by atoms with Crippen molar-refractivity contribution >= 4 is 5.97 Å². The van der Waals surface area contributed by atoms with Gasteiger partial charge >= 0.3 is 5.97 Å². The van der Waals surface area contributed by atoms with Crippen LogP contribution in [-0.2, 0) is 24.1 Å². The predicted octanol–water partition coefficient (Wildman–Crippen LogP) is 7.89. The summed E-state index contributed by atoms with van der Waals surface area (Å²) in [6.45, 7) is 4.49. The van der Waals surface area contributed by atoms with Gasteiger partial charge in [-0.05, 0) is 86.6 Å². The van der Waals surface area contributed by atoms with E-state index in [-0.39, 0.29) is 11.9 Å². The molecular weight excluding hydrogens is 406 g/mol. The topological polar surface area (TPSA) is 39.2 Å². The minimum Gasteiger partial charge on any atom is -0.426 e. The van der Waals surface area contributed by atoms with E-state index in [0.29, 0.717) is 5.75 Å². The van der Waals surface area contributed by atoms with Gasteiger partial charge in [0.2, 0.25) is 0 Å². The molecule has 0 radical (unpaired) electrons. The largest absolute Gasteiger partial charge is 0.426 e. The lowest BCUT2D eigenvalue weighted by molar-refractivity contribution is -0.140. The number of carbonyl (C=O) groups excluding carboxylic acids is 1. The Balaban J connectivity index is 1.38.